The third-order valence-corrected chi connectivity index (χ3v) is 3.39. The predicted octanol–water partition coefficient (Wildman–Crippen LogP) is 2.17. The van der Waals surface area contributed by atoms with Gasteiger partial charge in [-0.2, -0.15) is 0 Å². The van der Waals surface area contributed by atoms with Crippen LogP contribution >= 0.6 is 0 Å². The summed E-state index contributed by atoms with van der Waals surface area (Å²) in [6.45, 7) is 6.93. The highest BCUT2D eigenvalue weighted by atomic mass is 16.3. The molecule has 3 atom stereocenters. The zero-order chi connectivity index (χ0) is 10.6. The van der Waals surface area contributed by atoms with Crippen LogP contribution in [0.4, 0.5) is 0 Å². The van der Waals surface area contributed by atoms with Crippen molar-refractivity contribution in [1.82, 2.24) is 5.32 Å². The molecule has 2 N–H and O–H groups in total. The van der Waals surface area contributed by atoms with Crippen molar-refractivity contribution in [2.45, 2.75) is 58.5 Å². The summed E-state index contributed by atoms with van der Waals surface area (Å²) in [5.74, 6) is 1.38. The van der Waals surface area contributed by atoms with Crippen molar-refractivity contribution < 1.29 is 5.11 Å². The molecule has 84 valence electrons. The molecule has 0 heterocycles. The number of rotatable bonds is 4. The van der Waals surface area contributed by atoms with E-state index in [0.29, 0.717) is 12.0 Å². The van der Waals surface area contributed by atoms with Crippen molar-refractivity contribution in [3.05, 3.63) is 0 Å². The molecule has 0 spiro atoms. The van der Waals surface area contributed by atoms with Gasteiger partial charge in [-0.15, -0.1) is 0 Å². The highest BCUT2D eigenvalue weighted by Crippen LogP contribution is 2.24. The average molecular weight is 199 g/mol. The molecule has 1 rings (SSSR count). The van der Waals surface area contributed by atoms with E-state index in [9.17, 15) is 5.11 Å². The van der Waals surface area contributed by atoms with Gasteiger partial charge in [0.15, 0.2) is 0 Å². The normalized spacial score (nSPS) is 30.6. The minimum atomic E-state index is 0.266. The molecule has 0 aliphatic heterocycles. The van der Waals surface area contributed by atoms with Gasteiger partial charge in [0.05, 0.1) is 6.61 Å². The highest BCUT2D eigenvalue weighted by Gasteiger charge is 2.22. The Morgan fingerprint density at radius 3 is 2.57 bits per heavy atom. The van der Waals surface area contributed by atoms with Crippen molar-refractivity contribution in [1.29, 1.82) is 0 Å². The minimum absolute atomic E-state index is 0.266. The first kappa shape index (κ1) is 12.0. The Hall–Kier alpha value is -0.0800. The van der Waals surface area contributed by atoms with Crippen LogP contribution in [-0.2, 0) is 0 Å². The van der Waals surface area contributed by atoms with E-state index in [4.69, 9.17) is 0 Å². The highest BCUT2D eigenvalue weighted by molar-refractivity contribution is 4.80. The first-order valence-electron chi connectivity index (χ1n) is 6.00. The van der Waals surface area contributed by atoms with E-state index in [1.807, 2.05) is 0 Å². The Labute approximate surface area is 88.1 Å². The molecule has 1 aliphatic carbocycles. The van der Waals surface area contributed by atoms with Gasteiger partial charge in [-0.05, 0) is 24.7 Å². The maximum absolute atomic E-state index is 9.23. The van der Waals surface area contributed by atoms with E-state index in [2.05, 4.69) is 26.1 Å². The topological polar surface area (TPSA) is 32.3 Å². The standard InChI is InChI=1S/C12H25NO/c1-9(2)12(8-14)13-11-6-4-5-10(3)7-11/h9-14H,4-8H2,1-3H3. The number of aliphatic hydroxyl groups is 1. The SMILES string of the molecule is CC1CCCC(NC(CO)C(C)C)C1. The third-order valence-electron chi connectivity index (χ3n) is 3.39. The van der Waals surface area contributed by atoms with Crippen molar-refractivity contribution in [2.75, 3.05) is 6.61 Å². The molecule has 0 aromatic rings. The van der Waals surface area contributed by atoms with Gasteiger partial charge in [0, 0.05) is 12.1 Å². The van der Waals surface area contributed by atoms with Crippen molar-refractivity contribution in [3.8, 4) is 0 Å². The first-order chi connectivity index (χ1) is 6.63. The molecular formula is C12H25NO. The first-order valence-corrected chi connectivity index (χ1v) is 6.00. The second-order valence-corrected chi connectivity index (χ2v) is 5.17. The molecule has 2 heteroatoms. The maximum atomic E-state index is 9.23. The molecule has 0 saturated heterocycles. The van der Waals surface area contributed by atoms with Crippen LogP contribution in [0.5, 0.6) is 0 Å². The van der Waals surface area contributed by atoms with Gasteiger partial charge in [0.2, 0.25) is 0 Å². The lowest BCUT2D eigenvalue weighted by Crippen LogP contribution is -2.45. The zero-order valence-electron chi connectivity index (χ0n) is 9.79. The van der Waals surface area contributed by atoms with Gasteiger partial charge in [-0.25, -0.2) is 0 Å². The monoisotopic (exact) mass is 199 g/mol. The molecule has 14 heavy (non-hydrogen) atoms. The van der Waals surface area contributed by atoms with E-state index < -0.39 is 0 Å². The van der Waals surface area contributed by atoms with Crippen LogP contribution < -0.4 is 5.32 Å². The summed E-state index contributed by atoms with van der Waals surface area (Å²) in [7, 11) is 0. The van der Waals surface area contributed by atoms with Crippen LogP contribution in [-0.4, -0.2) is 23.8 Å². The van der Waals surface area contributed by atoms with Crippen LogP contribution in [0, 0.1) is 11.8 Å². The lowest BCUT2D eigenvalue weighted by molar-refractivity contribution is 0.179. The smallest absolute Gasteiger partial charge is 0.0587 e. The summed E-state index contributed by atoms with van der Waals surface area (Å²) >= 11 is 0. The molecule has 2 nitrogen and oxygen atoms in total. The van der Waals surface area contributed by atoms with Gasteiger partial charge in [0.25, 0.3) is 0 Å². The minimum Gasteiger partial charge on any atom is -0.395 e. The molecule has 0 bridgehead atoms. The zero-order valence-corrected chi connectivity index (χ0v) is 9.79. The Morgan fingerprint density at radius 1 is 1.36 bits per heavy atom. The Balaban J connectivity index is 2.33. The second-order valence-electron chi connectivity index (χ2n) is 5.17. The predicted molar refractivity (Wildman–Crippen MR) is 60.3 cm³/mol. The van der Waals surface area contributed by atoms with Crippen LogP contribution in [0.15, 0.2) is 0 Å². The van der Waals surface area contributed by atoms with E-state index in [-0.39, 0.29) is 12.6 Å². The van der Waals surface area contributed by atoms with E-state index in [0.717, 1.165) is 5.92 Å². The van der Waals surface area contributed by atoms with Crippen LogP contribution in [0.25, 0.3) is 0 Å². The number of nitrogens with one attached hydrogen (secondary N) is 1. The van der Waals surface area contributed by atoms with Gasteiger partial charge >= 0.3 is 0 Å². The number of hydrogen-bond acceptors (Lipinski definition) is 2. The molecule has 1 fully saturated rings. The molecular weight excluding hydrogens is 174 g/mol. The van der Waals surface area contributed by atoms with Gasteiger partial charge in [-0.3, -0.25) is 0 Å². The van der Waals surface area contributed by atoms with Crippen LogP contribution in [0.3, 0.4) is 0 Å². The summed E-state index contributed by atoms with van der Waals surface area (Å²) < 4.78 is 0. The summed E-state index contributed by atoms with van der Waals surface area (Å²) in [5.41, 5.74) is 0. The molecule has 0 radical (unpaired) electrons. The van der Waals surface area contributed by atoms with Crippen molar-refractivity contribution in [3.63, 3.8) is 0 Å². The number of aliphatic hydroxyl groups excluding tert-OH is 1. The quantitative estimate of drug-likeness (QED) is 0.727. The molecule has 3 unspecified atom stereocenters. The Kier molecular flexibility index (Phi) is 4.90. The molecule has 1 aliphatic rings. The molecule has 1 saturated carbocycles. The number of hydrogen-bond donors (Lipinski definition) is 2. The molecule has 0 aromatic carbocycles. The van der Waals surface area contributed by atoms with Gasteiger partial charge < -0.3 is 10.4 Å². The fraction of sp³-hybridized carbons (Fsp3) is 1.00. The lowest BCUT2D eigenvalue weighted by atomic mass is 9.86. The van der Waals surface area contributed by atoms with E-state index in [1.54, 1.807) is 0 Å². The molecule has 0 aromatic heterocycles. The molecule has 0 amide bonds. The average Bonchev–Trinajstić information content (AvgIpc) is 2.14. The van der Waals surface area contributed by atoms with E-state index in [1.165, 1.54) is 25.7 Å². The summed E-state index contributed by atoms with van der Waals surface area (Å²) in [4.78, 5) is 0. The fourth-order valence-electron chi connectivity index (χ4n) is 2.34. The van der Waals surface area contributed by atoms with E-state index >= 15 is 0 Å². The largest absolute Gasteiger partial charge is 0.395 e. The Bertz CT molecular complexity index is 158. The van der Waals surface area contributed by atoms with Crippen LogP contribution in [0.1, 0.15) is 46.5 Å². The summed E-state index contributed by atoms with van der Waals surface area (Å²) in [5, 5.41) is 12.8. The van der Waals surface area contributed by atoms with Gasteiger partial charge in [-0.1, -0.05) is 33.6 Å². The fourth-order valence-corrected chi connectivity index (χ4v) is 2.34. The summed E-state index contributed by atoms with van der Waals surface area (Å²) in [6, 6.07) is 0.920. The summed E-state index contributed by atoms with van der Waals surface area (Å²) in [6.07, 6.45) is 5.29. The third kappa shape index (κ3) is 3.58. The Morgan fingerprint density at radius 2 is 2.07 bits per heavy atom. The van der Waals surface area contributed by atoms with Crippen LogP contribution in [0.2, 0.25) is 0 Å². The second kappa shape index (κ2) is 5.72. The van der Waals surface area contributed by atoms with Gasteiger partial charge in [0.1, 0.15) is 0 Å². The maximum Gasteiger partial charge on any atom is 0.0587 e. The lowest BCUT2D eigenvalue weighted by Gasteiger charge is -2.32. The van der Waals surface area contributed by atoms with Crippen molar-refractivity contribution >= 4 is 0 Å². The van der Waals surface area contributed by atoms with Crippen molar-refractivity contribution in [2.24, 2.45) is 11.8 Å².